The number of hydrogen-bond donors (Lipinski definition) is 2. The van der Waals surface area contributed by atoms with Crippen LogP contribution in [0.25, 0.3) is 10.8 Å². The van der Waals surface area contributed by atoms with E-state index in [1.54, 1.807) is 6.20 Å². The van der Waals surface area contributed by atoms with Crippen molar-refractivity contribution in [1.82, 2.24) is 10.4 Å². The molecule has 0 radical (unpaired) electrons. The second kappa shape index (κ2) is 4.39. The zero-order valence-corrected chi connectivity index (χ0v) is 9.77. The number of nitrogens with one attached hydrogen (secondary N) is 1. The van der Waals surface area contributed by atoms with Gasteiger partial charge in [-0.1, -0.05) is 12.1 Å². The van der Waals surface area contributed by atoms with E-state index in [0.717, 1.165) is 16.5 Å². The number of nitrogens with two attached hydrogens (primary N) is 1. The zero-order chi connectivity index (χ0) is 12.4. The van der Waals surface area contributed by atoms with Crippen LogP contribution in [0.2, 0.25) is 0 Å². The normalized spacial score (nSPS) is 10.3. The third-order valence-electron chi connectivity index (χ3n) is 2.61. The van der Waals surface area contributed by atoms with Crippen molar-refractivity contribution in [3.8, 4) is 0 Å². The number of amides is 1. The van der Waals surface area contributed by atoms with Crippen molar-refractivity contribution < 1.29 is 4.79 Å². The van der Waals surface area contributed by atoms with Crippen LogP contribution in [0.5, 0.6) is 0 Å². The van der Waals surface area contributed by atoms with Gasteiger partial charge >= 0.3 is 0 Å². The first kappa shape index (κ1) is 11.3. The molecule has 1 amide bonds. The molecule has 3 N–H and O–H groups in total. The molecule has 2 rings (SSSR count). The molecule has 0 spiro atoms. The Balaban J connectivity index is 2.74. The second-order valence-corrected chi connectivity index (χ2v) is 3.90. The van der Waals surface area contributed by atoms with E-state index in [2.05, 4.69) is 10.4 Å². The van der Waals surface area contributed by atoms with E-state index < -0.39 is 0 Å². The number of rotatable bonds is 2. The lowest BCUT2D eigenvalue weighted by Gasteiger charge is -2.16. The number of anilines is 1. The summed E-state index contributed by atoms with van der Waals surface area (Å²) in [5, 5.41) is 1.77. The molecule has 2 aromatic rings. The van der Waals surface area contributed by atoms with E-state index in [1.165, 1.54) is 0 Å². The minimum atomic E-state index is -0.383. The number of fused-ring (bicyclic) bond motifs is 1. The number of carbonyl (C=O) groups excluding carboxylic acids is 1. The molecule has 0 aliphatic heterocycles. The number of carbonyl (C=O) groups is 1. The van der Waals surface area contributed by atoms with Crippen LogP contribution in [0.15, 0.2) is 30.5 Å². The highest BCUT2D eigenvalue weighted by Crippen LogP contribution is 2.26. The first-order valence-corrected chi connectivity index (χ1v) is 5.21. The number of hydrazine groups is 1. The maximum atomic E-state index is 11.6. The van der Waals surface area contributed by atoms with E-state index in [-0.39, 0.29) is 5.91 Å². The molecule has 5 heteroatoms. The lowest BCUT2D eigenvalue weighted by molar-refractivity contribution is 0.0950. The molecule has 0 fully saturated rings. The Bertz CT molecular complexity index is 565. The zero-order valence-electron chi connectivity index (χ0n) is 9.77. The van der Waals surface area contributed by atoms with E-state index in [0.29, 0.717) is 5.69 Å². The standard InChI is InChI=1S/C12H14N4O/c1-16(2)10-5-3-4-9-8(10)6-7-14-11(9)12(17)15-13/h3-7H,13H2,1-2H3,(H,15,17). The van der Waals surface area contributed by atoms with Gasteiger partial charge in [-0.05, 0) is 12.1 Å². The first-order valence-electron chi connectivity index (χ1n) is 5.21. The Morgan fingerprint density at radius 1 is 1.29 bits per heavy atom. The van der Waals surface area contributed by atoms with Crippen LogP contribution in [0.1, 0.15) is 10.5 Å². The summed E-state index contributed by atoms with van der Waals surface area (Å²) in [7, 11) is 3.91. The summed E-state index contributed by atoms with van der Waals surface area (Å²) >= 11 is 0. The van der Waals surface area contributed by atoms with Crippen LogP contribution in [-0.4, -0.2) is 25.0 Å². The van der Waals surface area contributed by atoms with Gasteiger partial charge in [0, 0.05) is 36.8 Å². The van der Waals surface area contributed by atoms with Crippen molar-refractivity contribution in [2.45, 2.75) is 0 Å². The Hall–Kier alpha value is -2.14. The van der Waals surface area contributed by atoms with Gasteiger partial charge in [0.15, 0.2) is 0 Å². The minimum absolute atomic E-state index is 0.341. The number of nitrogen functional groups attached to an aromatic ring is 1. The van der Waals surface area contributed by atoms with Gasteiger partial charge in [-0.3, -0.25) is 15.2 Å². The third-order valence-corrected chi connectivity index (χ3v) is 2.61. The number of benzene rings is 1. The quantitative estimate of drug-likeness (QED) is 0.457. The maximum Gasteiger partial charge on any atom is 0.284 e. The molecule has 0 bridgehead atoms. The van der Waals surface area contributed by atoms with Crippen molar-refractivity contribution >= 4 is 22.4 Å². The molecule has 0 saturated carbocycles. The summed E-state index contributed by atoms with van der Waals surface area (Å²) in [5.74, 6) is 4.76. The molecule has 1 aromatic carbocycles. The molecule has 0 saturated heterocycles. The topological polar surface area (TPSA) is 71.2 Å². The maximum absolute atomic E-state index is 11.6. The van der Waals surface area contributed by atoms with E-state index in [1.807, 2.05) is 43.3 Å². The molecule has 1 heterocycles. The van der Waals surface area contributed by atoms with Crippen LogP contribution in [0.3, 0.4) is 0 Å². The van der Waals surface area contributed by atoms with Gasteiger partial charge in [0.1, 0.15) is 5.69 Å². The smallest absolute Gasteiger partial charge is 0.284 e. The average Bonchev–Trinajstić information content (AvgIpc) is 2.36. The number of pyridine rings is 1. The highest BCUT2D eigenvalue weighted by Gasteiger charge is 2.12. The summed E-state index contributed by atoms with van der Waals surface area (Å²) in [4.78, 5) is 17.7. The Morgan fingerprint density at radius 3 is 2.71 bits per heavy atom. The third kappa shape index (κ3) is 1.92. The molecule has 5 nitrogen and oxygen atoms in total. The summed E-state index contributed by atoms with van der Waals surface area (Å²) < 4.78 is 0. The van der Waals surface area contributed by atoms with Gasteiger partial charge in [-0.15, -0.1) is 0 Å². The van der Waals surface area contributed by atoms with Crippen molar-refractivity contribution in [2.24, 2.45) is 5.84 Å². The summed E-state index contributed by atoms with van der Waals surface area (Å²) in [6.45, 7) is 0. The van der Waals surface area contributed by atoms with Crippen LogP contribution >= 0.6 is 0 Å². The molecular weight excluding hydrogens is 216 g/mol. The molecule has 17 heavy (non-hydrogen) atoms. The van der Waals surface area contributed by atoms with Gasteiger partial charge in [0.25, 0.3) is 5.91 Å². The highest BCUT2D eigenvalue weighted by atomic mass is 16.2. The molecule has 0 unspecified atom stereocenters. The predicted molar refractivity (Wildman–Crippen MR) is 67.7 cm³/mol. The fourth-order valence-electron chi connectivity index (χ4n) is 1.83. The Labute approximate surface area is 99.2 Å². The van der Waals surface area contributed by atoms with E-state index in [9.17, 15) is 4.79 Å². The predicted octanol–water partition coefficient (Wildman–Crippen LogP) is 0.904. The monoisotopic (exact) mass is 230 g/mol. The molecule has 88 valence electrons. The van der Waals surface area contributed by atoms with Gasteiger partial charge in [-0.25, -0.2) is 5.84 Å². The van der Waals surface area contributed by atoms with Gasteiger partial charge < -0.3 is 4.90 Å². The molecule has 0 atom stereocenters. The Kier molecular flexibility index (Phi) is 2.93. The van der Waals surface area contributed by atoms with E-state index in [4.69, 9.17) is 5.84 Å². The fraction of sp³-hybridized carbons (Fsp3) is 0.167. The highest BCUT2D eigenvalue weighted by molar-refractivity contribution is 6.08. The van der Waals surface area contributed by atoms with Crippen molar-refractivity contribution in [1.29, 1.82) is 0 Å². The second-order valence-electron chi connectivity index (χ2n) is 3.90. The summed E-state index contributed by atoms with van der Waals surface area (Å²) in [6.07, 6.45) is 1.61. The first-order chi connectivity index (χ1) is 8.15. The van der Waals surface area contributed by atoms with E-state index >= 15 is 0 Å². The molecule has 0 aliphatic rings. The fourth-order valence-corrected chi connectivity index (χ4v) is 1.83. The van der Waals surface area contributed by atoms with Crippen LogP contribution in [-0.2, 0) is 0 Å². The van der Waals surface area contributed by atoms with Gasteiger partial charge in [0.2, 0.25) is 0 Å². The van der Waals surface area contributed by atoms with Crippen LogP contribution < -0.4 is 16.2 Å². The summed E-state index contributed by atoms with van der Waals surface area (Å²) in [6, 6.07) is 7.64. The van der Waals surface area contributed by atoms with Crippen LogP contribution in [0.4, 0.5) is 5.69 Å². The van der Waals surface area contributed by atoms with Gasteiger partial charge in [-0.2, -0.15) is 0 Å². The number of hydrogen-bond acceptors (Lipinski definition) is 4. The molecular formula is C12H14N4O. The Morgan fingerprint density at radius 2 is 2.06 bits per heavy atom. The lowest BCUT2D eigenvalue weighted by atomic mass is 10.1. The molecule has 0 aliphatic carbocycles. The summed E-state index contributed by atoms with van der Waals surface area (Å²) in [5.41, 5.74) is 3.49. The number of nitrogens with zero attached hydrogens (tertiary/aromatic N) is 2. The van der Waals surface area contributed by atoms with Crippen molar-refractivity contribution in [2.75, 3.05) is 19.0 Å². The van der Waals surface area contributed by atoms with Crippen molar-refractivity contribution in [3.05, 3.63) is 36.2 Å². The van der Waals surface area contributed by atoms with Crippen LogP contribution in [0, 0.1) is 0 Å². The van der Waals surface area contributed by atoms with Gasteiger partial charge in [0.05, 0.1) is 0 Å². The largest absolute Gasteiger partial charge is 0.377 e. The average molecular weight is 230 g/mol. The number of aromatic nitrogens is 1. The lowest BCUT2D eigenvalue weighted by Crippen LogP contribution is -2.30. The minimum Gasteiger partial charge on any atom is -0.377 e. The van der Waals surface area contributed by atoms with Crippen molar-refractivity contribution in [3.63, 3.8) is 0 Å². The molecule has 1 aromatic heterocycles. The SMILES string of the molecule is CN(C)c1cccc2c(C(=O)NN)nccc12.